The molecule has 6 heterocycles. The van der Waals surface area contributed by atoms with Crippen LogP contribution < -0.4 is 10.5 Å². The van der Waals surface area contributed by atoms with Crippen LogP contribution in [-0.4, -0.2) is 82.2 Å². The van der Waals surface area contributed by atoms with Gasteiger partial charge >= 0.3 is 0 Å². The van der Waals surface area contributed by atoms with Gasteiger partial charge in [0.1, 0.15) is 28.8 Å². The molecule has 5 aromatic heterocycles. The van der Waals surface area contributed by atoms with Gasteiger partial charge < -0.3 is 29.6 Å². The second-order valence-electron chi connectivity index (χ2n) is 12.5. The summed E-state index contributed by atoms with van der Waals surface area (Å²) in [5.74, 6) is 1.28. The standard InChI is InChI=1S/C34H34FN9O3/c1-47-29-12-23(34(46)41-18-24(35)13-25(36)19-41)10-26-30(29)43(16-21-14-39-44(17-21)27-5-3-9-38-33(27)45)32(40-26)28-11-22-4-2-8-37-31(22)42(28)15-20-6-7-20/h2-5,8-12,14,17,20,24-25H,6-7,13,15-16,18-19,36H2,1H3,(H,38,45)/t24-,25-/m1/s1. The molecular weight excluding hydrogens is 601 g/mol. The molecule has 13 heteroatoms. The first kappa shape index (κ1) is 29.1. The highest BCUT2D eigenvalue weighted by Gasteiger charge is 2.31. The third-order valence-corrected chi connectivity index (χ3v) is 9.00. The van der Waals surface area contributed by atoms with Crippen molar-refractivity contribution in [3.8, 4) is 28.8 Å². The van der Waals surface area contributed by atoms with Gasteiger partial charge in [-0.25, -0.2) is 24.0 Å². The third-order valence-electron chi connectivity index (χ3n) is 9.00. The first-order valence-corrected chi connectivity index (χ1v) is 15.8. The highest BCUT2D eigenvalue weighted by atomic mass is 19.1. The fraction of sp³-hybridized carbons (Fsp3) is 0.324. The van der Waals surface area contributed by atoms with E-state index in [-0.39, 0.29) is 31.3 Å². The second-order valence-corrected chi connectivity index (χ2v) is 12.5. The van der Waals surface area contributed by atoms with Crippen LogP contribution in [0.25, 0.3) is 39.3 Å². The molecule has 0 unspecified atom stereocenters. The number of ether oxygens (including phenoxy) is 1. The Kier molecular flexibility index (Phi) is 7.12. The first-order valence-electron chi connectivity index (χ1n) is 15.8. The molecule has 2 aliphatic rings. The minimum atomic E-state index is -1.17. The molecule has 1 aromatic carbocycles. The number of hydrogen-bond donors (Lipinski definition) is 2. The van der Waals surface area contributed by atoms with Crippen LogP contribution in [0.2, 0.25) is 0 Å². The number of carbonyl (C=O) groups is 1. The highest BCUT2D eigenvalue weighted by molar-refractivity contribution is 6.00. The van der Waals surface area contributed by atoms with Gasteiger partial charge in [0.05, 0.1) is 37.6 Å². The predicted octanol–water partition coefficient (Wildman–Crippen LogP) is 4.32. The van der Waals surface area contributed by atoms with Crippen LogP contribution in [0.15, 0.2) is 67.3 Å². The van der Waals surface area contributed by atoms with Crippen molar-refractivity contribution < 1.29 is 19.0 Å². The number of hydrogen-bond acceptors (Lipinski definition) is 8. The van der Waals surface area contributed by atoms with E-state index in [1.54, 1.807) is 48.5 Å². The lowest BCUT2D eigenvalue weighted by Crippen LogP contribution is -2.50. The maximum Gasteiger partial charge on any atom is 0.254 e. The Bertz CT molecular complexity index is 2120. The number of nitrogens with two attached hydrogens (primary N) is 1. The number of methoxy groups -OCH3 is 1. The number of piperidine rings is 1. The molecule has 0 bridgehead atoms. The molecule has 47 heavy (non-hydrogen) atoms. The van der Waals surface area contributed by atoms with E-state index in [1.807, 2.05) is 18.3 Å². The number of benzene rings is 1. The summed E-state index contributed by atoms with van der Waals surface area (Å²) >= 11 is 0. The van der Waals surface area contributed by atoms with Gasteiger partial charge in [-0.15, -0.1) is 0 Å². The number of rotatable bonds is 8. The van der Waals surface area contributed by atoms with E-state index in [0.29, 0.717) is 46.3 Å². The van der Waals surface area contributed by atoms with Crippen molar-refractivity contribution in [2.45, 2.75) is 44.6 Å². The van der Waals surface area contributed by atoms with Crippen LogP contribution in [-0.2, 0) is 13.1 Å². The summed E-state index contributed by atoms with van der Waals surface area (Å²) in [7, 11) is 1.56. The SMILES string of the molecule is COc1cc(C(=O)N2C[C@H](N)C[C@@H](F)C2)cc2nc(-c3cc4cccnc4n3CC3CC3)n(Cc3cnn(-c4cccnc4O)c3)c12. The van der Waals surface area contributed by atoms with Crippen molar-refractivity contribution >= 4 is 28.0 Å². The zero-order chi connectivity index (χ0) is 32.2. The van der Waals surface area contributed by atoms with Crippen LogP contribution in [0.3, 0.4) is 0 Å². The van der Waals surface area contributed by atoms with Crippen molar-refractivity contribution in [2.24, 2.45) is 11.7 Å². The lowest BCUT2D eigenvalue weighted by Gasteiger charge is -2.33. The Morgan fingerprint density at radius 3 is 2.72 bits per heavy atom. The van der Waals surface area contributed by atoms with Gasteiger partial charge in [0.15, 0.2) is 5.82 Å². The molecule has 1 aliphatic carbocycles. The molecule has 6 aromatic rings. The van der Waals surface area contributed by atoms with Gasteiger partial charge in [-0.3, -0.25) is 4.79 Å². The van der Waals surface area contributed by atoms with Gasteiger partial charge in [0.2, 0.25) is 5.88 Å². The highest BCUT2D eigenvalue weighted by Crippen LogP contribution is 2.38. The maximum atomic E-state index is 14.4. The fourth-order valence-corrected chi connectivity index (χ4v) is 6.62. The van der Waals surface area contributed by atoms with Crippen molar-refractivity contribution in [3.63, 3.8) is 0 Å². The van der Waals surface area contributed by atoms with Gasteiger partial charge in [-0.05, 0) is 67.6 Å². The Morgan fingerprint density at radius 2 is 1.94 bits per heavy atom. The number of halogens is 1. The van der Waals surface area contributed by atoms with Crippen molar-refractivity contribution in [1.82, 2.24) is 38.8 Å². The lowest BCUT2D eigenvalue weighted by atomic mass is 10.0. The Balaban J connectivity index is 1.29. The molecule has 0 spiro atoms. The summed E-state index contributed by atoms with van der Waals surface area (Å²) in [4.78, 5) is 29.0. The first-order chi connectivity index (χ1) is 22.9. The number of aromatic nitrogens is 7. The van der Waals surface area contributed by atoms with Crippen LogP contribution in [0, 0.1) is 5.92 Å². The second kappa shape index (κ2) is 11.5. The molecule has 0 radical (unpaired) electrons. The summed E-state index contributed by atoms with van der Waals surface area (Å²) < 4.78 is 26.2. The van der Waals surface area contributed by atoms with E-state index in [0.717, 1.165) is 28.8 Å². The predicted molar refractivity (Wildman–Crippen MR) is 173 cm³/mol. The van der Waals surface area contributed by atoms with Gasteiger partial charge in [0, 0.05) is 54.2 Å². The fourth-order valence-electron chi connectivity index (χ4n) is 6.62. The zero-order valence-electron chi connectivity index (χ0n) is 25.8. The van der Waals surface area contributed by atoms with Crippen LogP contribution in [0.1, 0.15) is 35.2 Å². The van der Waals surface area contributed by atoms with E-state index in [9.17, 15) is 14.3 Å². The smallest absolute Gasteiger partial charge is 0.254 e. The quantitative estimate of drug-likeness (QED) is 0.252. The molecule has 12 nitrogen and oxygen atoms in total. The van der Waals surface area contributed by atoms with E-state index < -0.39 is 12.2 Å². The number of alkyl halides is 1. The van der Waals surface area contributed by atoms with E-state index >= 15 is 0 Å². The molecule has 1 saturated heterocycles. The molecular formula is C34H34FN9O3. The number of aromatic hydroxyl groups is 1. The Hall–Kier alpha value is -5.30. The lowest BCUT2D eigenvalue weighted by molar-refractivity contribution is 0.0606. The van der Waals surface area contributed by atoms with Crippen LogP contribution in [0.4, 0.5) is 4.39 Å². The zero-order valence-corrected chi connectivity index (χ0v) is 25.8. The van der Waals surface area contributed by atoms with Crippen molar-refractivity contribution in [2.75, 3.05) is 20.2 Å². The molecule has 8 rings (SSSR count). The number of carbonyl (C=O) groups excluding carboxylic acids is 1. The topological polar surface area (TPSA) is 142 Å². The number of pyridine rings is 2. The third kappa shape index (κ3) is 5.35. The average molecular weight is 636 g/mol. The molecule has 2 fully saturated rings. The number of likely N-dealkylation sites (tertiary alicyclic amines) is 1. The summed E-state index contributed by atoms with van der Waals surface area (Å²) in [5.41, 5.74) is 10.8. The minimum Gasteiger partial charge on any atom is -0.494 e. The van der Waals surface area contributed by atoms with Gasteiger partial charge in [0.25, 0.3) is 5.91 Å². The van der Waals surface area contributed by atoms with Crippen LogP contribution in [0.5, 0.6) is 11.6 Å². The molecule has 3 N–H and O–H groups in total. The summed E-state index contributed by atoms with van der Waals surface area (Å²) in [6.45, 7) is 1.46. The summed E-state index contributed by atoms with van der Waals surface area (Å²) in [5, 5.41) is 15.8. The van der Waals surface area contributed by atoms with E-state index in [1.165, 1.54) is 23.9 Å². The van der Waals surface area contributed by atoms with Gasteiger partial charge in [-0.1, -0.05) is 0 Å². The Labute approximate surface area is 269 Å². The number of imidazole rings is 1. The minimum absolute atomic E-state index is 0.00265. The number of nitrogens with zero attached hydrogens (tertiary/aromatic N) is 8. The normalized spacial score (nSPS) is 18.3. The van der Waals surface area contributed by atoms with Crippen molar-refractivity contribution in [3.05, 3.63) is 78.4 Å². The number of fused-ring (bicyclic) bond motifs is 2. The monoisotopic (exact) mass is 635 g/mol. The van der Waals surface area contributed by atoms with E-state index in [2.05, 4.69) is 25.3 Å². The largest absolute Gasteiger partial charge is 0.494 e. The molecule has 2 atom stereocenters. The average Bonchev–Trinajstić information content (AvgIpc) is 3.47. The Morgan fingerprint density at radius 1 is 1.11 bits per heavy atom. The molecule has 240 valence electrons. The summed E-state index contributed by atoms with van der Waals surface area (Å²) in [6.07, 6.45) is 8.30. The molecule has 1 amide bonds. The summed E-state index contributed by atoms with van der Waals surface area (Å²) in [6, 6.07) is 12.6. The van der Waals surface area contributed by atoms with Crippen molar-refractivity contribution in [1.29, 1.82) is 0 Å². The van der Waals surface area contributed by atoms with Gasteiger partial charge in [-0.2, -0.15) is 5.10 Å². The van der Waals surface area contributed by atoms with Crippen LogP contribution >= 0.6 is 0 Å². The molecule has 1 aliphatic heterocycles. The molecule has 1 saturated carbocycles. The maximum absolute atomic E-state index is 14.4. The van der Waals surface area contributed by atoms with E-state index in [4.69, 9.17) is 20.4 Å². The number of amides is 1.